The van der Waals surface area contributed by atoms with Crippen molar-refractivity contribution in [1.29, 1.82) is 0 Å². The van der Waals surface area contributed by atoms with Crippen LogP contribution in [0.1, 0.15) is 11.1 Å². The molecule has 6 nitrogen and oxygen atoms in total. The summed E-state index contributed by atoms with van der Waals surface area (Å²) in [7, 11) is 0. The molecule has 0 saturated carbocycles. The number of benzene rings is 1. The molecule has 0 fully saturated rings. The number of nitrogens with one attached hydrogen (secondary N) is 1. The molecule has 128 valence electrons. The first-order valence-corrected chi connectivity index (χ1v) is 8.19. The molecule has 0 aliphatic carbocycles. The van der Waals surface area contributed by atoms with Crippen LogP contribution < -0.4 is 11.1 Å². The molecule has 0 amide bonds. The molecule has 6 heteroatoms. The third kappa shape index (κ3) is 2.52. The van der Waals surface area contributed by atoms with E-state index >= 15 is 0 Å². The minimum atomic E-state index is -0.311. The molecule has 4 aromatic rings. The molecule has 0 spiro atoms. The monoisotopic (exact) mass is 344 g/mol. The quantitative estimate of drug-likeness (QED) is 0.606. The molecule has 3 heterocycles. The zero-order valence-corrected chi connectivity index (χ0v) is 14.4. The topological polar surface area (TPSA) is 80.6 Å². The highest BCUT2D eigenvalue weighted by Crippen LogP contribution is 2.18. The van der Waals surface area contributed by atoms with Crippen LogP contribution in [0.15, 0.2) is 64.4 Å². The first-order chi connectivity index (χ1) is 12.6. The third-order valence-electron chi connectivity index (χ3n) is 4.40. The van der Waals surface area contributed by atoms with Gasteiger partial charge < -0.3 is 0 Å². The van der Waals surface area contributed by atoms with Crippen LogP contribution in [0.2, 0.25) is 0 Å². The van der Waals surface area contributed by atoms with Gasteiger partial charge in [0.25, 0.3) is 11.1 Å². The summed E-state index contributed by atoms with van der Waals surface area (Å²) in [5.74, 6) is 0.358. The number of nitrogens with zero attached hydrogens (tertiary/aromatic N) is 3. The van der Waals surface area contributed by atoms with Crippen molar-refractivity contribution in [1.82, 2.24) is 19.7 Å². The number of hydrogen-bond acceptors (Lipinski definition) is 4. The average molecular weight is 344 g/mol. The largest absolute Gasteiger partial charge is 0.279 e. The molecule has 0 aliphatic rings. The van der Waals surface area contributed by atoms with E-state index in [-0.39, 0.29) is 11.1 Å². The molecule has 0 saturated heterocycles. The van der Waals surface area contributed by atoms with E-state index in [2.05, 4.69) is 15.1 Å². The van der Waals surface area contributed by atoms with E-state index < -0.39 is 0 Å². The lowest BCUT2D eigenvalue weighted by molar-refractivity contribution is 0.777. The van der Waals surface area contributed by atoms with Gasteiger partial charge in [0, 0.05) is 18.0 Å². The minimum absolute atomic E-state index is 0.295. The van der Waals surface area contributed by atoms with Gasteiger partial charge in [-0.3, -0.25) is 19.7 Å². The number of fused-ring (bicyclic) bond motifs is 1. The van der Waals surface area contributed by atoms with Gasteiger partial charge >= 0.3 is 0 Å². The molecule has 0 bridgehead atoms. The van der Waals surface area contributed by atoms with Crippen LogP contribution in [-0.4, -0.2) is 19.7 Å². The van der Waals surface area contributed by atoms with Gasteiger partial charge in [0.1, 0.15) is 0 Å². The Morgan fingerprint density at radius 1 is 0.923 bits per heavy atom. The summed E-state index contributed by atoms with van der Waals surface area (Å²) in [5, 5.41) is 3.50. The van der Waals surface area contributed by atoms with Crippen LogP contribution in [0.4, 0.5) is 0 Å². The van der Waals surface area contributed by atoms with E-state index in [9.17, 15) is 9.59 Å². The maximum atomic E-state index is 13.0. The van der Waals surface area contributed by atoms with Crippen molar-refractivity contribution < 1.29 is 0 Å². The molecule has 0 radical (unpaired) electrons. The van der Waals surface area contributed by atoms with E-state index in [0.29, 0.717) is 22.3 Å². The Morgan fingerprint density at radius 3 is 2.42 bits per heavy atom. The molecular formula is C20H16N4O2. The van der Waals surface area contributed by atoms with E-state index in [1.165, 1.54) is 4.68 Å². The Labute approximate surface area is 148 Å². The summed E-state index contributed by atoms with van der Waals surface area (Å²) >= 11 is 0. The zero-order chi connectivity index (χ0) is 18.3. The normalized spacial score (nSPS) is 11.0. The molecule has 1 N–H and O–H groups in total. The highest BCUT2D eigenvalue weighted by molar-refractivity contribution is 5.86. The number of aromatic amines is 1. The smallest absolute Gasteiger partial charge is 0.267 e. The fourth-order valence-electron chi connectivity index (χ4n) is 3.08. The van der Waals surface area contributed by atoms with E-state index in [4.69, 9.17) is 0 Å². The van der Waals surface area contributed by atoms with Gasteiger partial charge in [-0.25, -0.2) is 4.98 Å². The molecule has 3 aromatic heterocycles. The number of hydrogen-bond donors (Lipinski definition) is 1. The van der Waals surface area contributed by atoms with Gasteiger partial charge in [-0.15, -0.1) is 0 Å². The number of rotatable bonds is 2. The van der Waals surface area contributed by atoms with Crippen molar-refractivity contribution >= 4 is 10.8 Å². The van der Waals surface area contributed by atoms with Crippen molar-refractivity contribution in [3.63, 3.8) is 0 Å². The maximum absolute atomic E-state index is 13.0. The second-order valence-electron chi connectivity index (χ2n) is 6.15. The van der Waals surface area contributed by atoms with E-state index in [1.807, 2.05) is 44.2 Å². The summed E-state index contributed by atoms with van der Waals surface area (Å²) in [6, 6.07) is 12.7. The molecule has 0 unspecified atom stereocenters. The van der Waals surface area contributed by atoms with Gasteiger partial charge in [-0.1, -0.05) is 18.2 Å². The maximum Gasteiger partial charge on any atom is 0.279 e. The van der Waals surface area contributed by atoms with Crippen LogP contribution in [0, 0.1) is 13.8 Å². The minimum Gasteiger partial charge on any atom is -0.267 e. The zero-order valence-electron chi connectivity index (χ0n) is 14.4. The fraction of sp³-hybridized carbons (Fsp3) is 0.100. The number of aryl methyl sites for hydroxylation is 2. The molecule has 26 heavy (non-hydrogen) atoms. The molecular weight excluding hydrogens is 328 g/mol. The van der Waals surface area contributed by atoms with Gasteiger partial charge in [0.15, 0.2) is 5.82 Å². The van der Waals surface area contributed by atoms with Crippen LogP contribution in [0.5, 0.6) is 0 Å². The second kappa shape index (κ2) is 6.07. The Bertz CT molecular complexity index is 1240. The first-order valence-electron chi connectivity index (χ1n) is 8.19. The summed E-state index contributed by atoms with van der Waals surface area (Å²) < 4.78 is 1.21. The summed E-state index contributed by atoms with van der Waals surface area (Å²) in [6.45, 7) is 3.65. The number of H-pyrrole nitrogens is 1. The van der Waals surface area contributed by atoms with Crippen molar-refractivity contribution in [2.24, 2.45) is 0 Å². The first kappa shape index (κ1) is 16.0. The predicted molar refractivity (Wildman–Crippen MR) is 101 cm³/mol. The van der Waals surface area contributed by atoms with Crippen molar-refractivity contribution in [3.8, 4) is 17.1 Å². The number of pyridine rings is 2. The second-order valence-corrected chi connectivity index (χ2v) is 6.15. The van der Waals surface area contributed by atoms with Crippen LogP contribution in [0.25, 0.3) is 27.8 Å². The van der Waals surface area contributed by atoms with Crippen molar-refractivity contribution in [2.45, 2.75) is 13.8 Å². The molecule has 4 rings (SSSR count). The Balaban J connectivity index is 2.00. The van der Waals surface area contributed by atoms with Gasteiger partial charge in [0.2, 0.25) is 0 Å². The lowest BCUT2D eigenvalue weighted by Gasteiger charge is -2.10. The van der Waals surface area contributed by atoms with Crippen molar-refractivity contribution in [3.05, 3.63) is 86.7 Å². The Kier molecular flexibility index (Phi) is 3.73. The van der Waals surface area contributed by atoms with Gasteiger partial charge in [-0.05, 0) is 49.2 Å². The van der Waals surface area contributed by atoms with Crippen molar-refractivity contribution in [2.75, 3.05) is 0 Å². The van der Waals surface area contributed by atoms with Crippen LogP contribution >= 0.6 is 0 Å². The molecule has 0 aliphatic heterocycles. The highest BCUT2D eigenvalue weighted by Gasteiger charge is 2.14. The van der Waals surface area contributed by atoms with E-state index in [0.717, 1.165) is 16.7 Å². The van der Waals surface area contributed by atoms with E-state index in [1.54, 1.807) is 24.5 Å². The predicted octanol–water partition coefficient (Wildman–Crippen LogP) is 2.75. The Hall–Kier alpha value is -3.54. The summed E-state index contributed by atoms with van der Waals surface area (Å²) in [6.07, 6.45) is 3.38. The average Bonchev–Trinajstić information content (AvgIpc) is 2.67. The van der Waals surface area contributed by atoms with Gasteiger partial charge in [0.05, 0.1) is 16.5 Å². The molecule has 0 atom stereocenters. The SMILES string of the molecule is Cc1ccc(C)c2c(=O)n(-c3cccc(-c4cccnc4)n3)[nH]c(=O)c12. The summed E-state index contributed by atoms with van der Waals surface area (Å²) in [5.41, 5.74) is 2.43. The lowest BCUT2D eigenvalue weighted by atomic mass is 10.0. The van der Waals surface area contributed by atoms with Crippen LogP contribution in [0.3, 0.4) is 0 Å². The van der Waals surface area contributed by atoms with Crippen LogP contribution in [-0.2, 0) is 0 Å². The van der Waals surface area contributed by atoms with Gasteiger partial charge in [-0.2, -0.15) is 4.68 Å². The standard InChI is InChI=1S/C20H16N4O2/c1-12-8-9-13(2)18-17(12)19(25)23-24(20(18)26)16-7-3-6-15(22-16)14-5-4-10-21-11-14/h3-11H,1-2H3,(H,23,25). The molecule has 1 aromatic carbocycles. The lowest BCUT2D eigenvalue weighted by Crippen LogP contribution is -2.30. The number of aromatic nitrogens is 4. The Morgan fingerprint density at radius 2 is 1.69 bits per heavy atom. The highest BCUT2D eigenvalue weighted by atomic mass is 16.2. The third-order valence-corrected chi connectivity index (χ3v) is 4.40. The fourth-order valence-corrected chi connectivity index (χ4v) is 3.08. The summed E-state index contributed by atoms with van der Waals surface area (Å²) in [4.78, 5) is 34.3.